The molecule has 0 spiro atoms. The van der Waals surface area contributed by atoms with Crippen LogP contribution in [0.4, 0.5) is 0 Å². The molecule has 4 N–H and O–H groups in total. The highest BCUT2D eigenvalue weighted by atomic mass is 16.3. The Morgan fingerprint density at radius 3 is 3.12 bits per heavy atom. The van der Waals surface area contributed by atoms with E-state index in [0.29, 0.717) is 13.1 Å². The lowest BCUT2D eigenvalue weighted by Crippen LogP contribution is -2.28. The van der Waals surface area contributed by atoms with Crippen molar-refractivity contribution in [3.63, 3.8) is 0 Å². The molecule has 0 amide bonds. The van der Waals surface area contributed by atoms with Gasteiger partial charge >= 0.3 is 0 Å². The van der Waals surface area contributed by atoms with E-state index in [4.69, 9.17) is 10.2 Å². The predicted octanol–water partition coefficient (Wildman–Crippen LogP) is 0.00570. The molecular formula is C11H15N3O2. The first-order chi connectivity index (χ1) is 7.79. The first kappa shape index (κ1) is 11.1. The number of aromatic nitrogens is 2. The third-order valence-corrected chi connectivity index (χ3v) is 2.40. The molecule has 0 bridgehead atoms. The van der Waals surface area contributed by atoms with Crippen LogP contribution in [-0.4, -0.2) is 39.4 Å². The van der Waals surface area contributed by atoms with Crippen molar-refractivity contribution >= 4 is 11.0 Å². The van der Waals surface area contributed by atoms with Gasteiger partial charge in [-0.25, -0.2) is 4.98 Å². The van der Waals surface area contributed by atoms with Crippen LogP contribution < -0.4 is 5.32 Å². The standard InChI is InChI=1S/C11H15N3O2/c15-6-9(16)5-12-4-8-1-2-10-11(3-8)14-7-13-10/h1-3,7,9,12,15-16H,4-6H2,(H,13,14). The van der Waals surface area contributed by atoms with Gasteiger partial charge in [-0.2, -0.15) is 0 Å². The smallest absolute Gasteiger partial charge is 0.0931 e. The summed E-state index contributed by atoms with van der Waals surface area (Å²) in [5.74, 6) is 0. The Bertz CT molecular complexity index is 455. The Morgan fingerprint density at radius 1 is 1.44 bits per heavy atom. The fourth-order valence-electron chi connectivity index (χ4n) is 1.54. The second-order valence-electron chi connectivity index (χ2n) is 3.72. The average molecular weight is 221 g/mol. The second kappa shape index (κ2) is 5.07. The molecule has 1 aromatic carbocycles. The van der Waals surface area contributed by atoms with Crippen molar-refractivity contribution in [1.82, 2.24) is 15.3 Å². The highest BCUT2D eigenvalue weighted by Crippen LogP contribution is 2.11. The van der Waals surface area contributed by atoms with Gasteiger partial charge in [-0.3, -0.25) is 0 Å². The number of H-pyrrole nitrogens is 1. The van der Waals surface area contributed by atoms with Gasteiger partial charge in [0.25, 0.3) is 0 Å². The van der Waals surface area contributed by atoms with Crippen LogP contribution in [0.2, 0.25) is 0 Å². The molecule has 2 aromatic rings. The van der Waals surface area contributed by atoms with E-state index < -0.39 is 6.10 Å². The van der Waals surface area contributed by atoms with E-state index in [1.165, 1.54) is 0 Å². The number of aromatic amines is 1. The summed E-state index contributed by atoms with van der Waals surface area (Å²) in [7, 11) is 0. The maximum Gasteiger partial charge on any atom is 0.0931 e. The van der Waals surface area contributed by atoms with Gasteiger partial charge in [-0.1, -0.05) is 6.07 Å². The van der Waals surface area contributed by atoms with E-state index in [0.717, 1.165) is 16.6 Å². The molecule has 0 radical (unpaired) electrons. The quantitative estimate of drug-likeness (QED) is 0.573. The number of hydrogen-bond donors (Lipinski definition) is 4. The van der Waals surface area contributed by atoms with Crippen LogP contribution >= 0.6 is 0 Å². The summed E-state index contributed by atoms with van der Waals surface area (Å²) in [6.45, 7) is 0.829. The molecule has 0 aliphatic heterocycles. The average Bonchev–Trinajstić information content (AvgIpc) is 2.76. The summed E-state index contributed by atoms with van der Waals surface area (Å²) in [4.78, 5) is 7.17. The zero-order valence-electron chi connectivity index (χ0n) is 8.85. The van der Waals surface area contributed by atoms with Gasteiger partial charge in [0.2, 0.25) is 0 Å². The summed E-state index contributed by atoms with van der Waals surface area (Å²) in [5, 5.41) is 20.9. The minimum Gasteiger partial charge on any atom is -0.394 e. The molecule has 1 atom stereocenters. The lowest BCUT2D eigenvalue weighted by atomic mass is 10.2. The number of aliphatic hydroxyl groups is 2. The maximum absolute atomic E-state index is 9.15. The fraction of sp³-hybridized carbons (Fsp3) is 0.364. The van der Waals surface area contributed by atoms with Crippen LogP contribution in [-0.2, 0) is 6.54 Å². The summed E-state index contributed by atoms with van der Waals surface area (Å²) < 4.78 is 0. The Labute approximate surface area is 93.1 Å². The van der Waals surface area contributed by atoms with Crippen molar-refractivity contribution in [2.75, 3.05) is 13.2 Å². The van der Waals surface area contributed by atoms with Crippen LogP contribution in [0.25, 0.3) is 11.0 Å². The number of nitrogens with zero attached hydrogens (tertiary/aromatic N) is 1. The van der Waals surface area contributed by atoms with Gasteiger partial charge in [0.05, 0.1) is 30.1 Å². The molecule has 0 aliphatic carbocycles. The number of nitrogens with one attached hydrogen (secondary N) is 2. The molecule has 86 valence electrons. The third-order valence-electron chi connectivity index (χ3n) is 2.40. The van der Waals surface area contributed by atoms with E-state index in [1.807, 2.05) is 18.2 Å². The van der Waals surface area contributed by atoms with Crippen LogP contribution in [0, 0.1) is 0 Å². The van der Waals surface area contributed by atoms with Gasteiger partial charge in [-0.15, -0.1) is 0 Å². The molecule has 16 heavy (non-hydrogen) atoms. The summed E-state index contributed by atoms with van der Waals surface area (Å²) in [5.41, 5.74) is 3.06. The highest BCUT2D eigenvalue weighted by molar-refractivity contribution is 5.74. The normalized spacial score (nSPS) is 13.1. The molecule has 1 unspecified atom stereocenters. The molecule has 5 heteroatoms. The SMILES string of the molecule is OCC(O)CNCc1ccc2nc[nH]c2c1. The summed E-state index contributed by atoms with van der Waals surface area (Å²) in [6, 6.07) is 5.95. The molecule has 0 saturated heterocycles. The second-order valence-corrected chi connectivity index (χ2v) is 3.72. The van der Waals surface area contributed by atoms with Crippen molar-refractivity contribution in [1.29, 1.82) is 0 Å². The molecule has 1 heterocycles. The van der Waals surface area contributed by atoms with E-state index in [-0.39, 0.29) is 6.61 Å². The van der Waals surface area contributed by atoms with E-state index in [2.05, 4.69) is 15.3 Å². The predicted molar refractivity (Wildman–Crippen MR) is 60.9 cm³/mol. The molecular weight excluding hydrogens is 206 g/mol. The van der Waals surface area contributed by atoms with Crippen LogP contribution in [0.3, 0.4) is 0 Å². The summed E-state index contributed by atoms with van der Waals surface area (Å²) >= 11 is 0. The third kappa shape index (κ3) is 2.57. The molecule has 0 aliphatic rings. The molecule has 5 nitrogen and oxygen atoms in total. The van der Waals surface area contributed by atoms with Crippen molar-refractivity contribution in [2.45, 2.75) is 12.6 Å². The van der Waals surface area contributed by atoms with Crippen molar-refractivity contribution < 1.29 is 10.2 Å². The molecule has 0 fully saturated rings. The number of imidazole rings is 1. The number of hydrogen-bond acceptors (Lipinski definition) is 4. The van der Waals surface area contributed by atoms with Gasteiger partial charge in [-0.05, 0) is 17.7 Å². The van der Waals surface area contributed by atoms with Crippen LogP contribution in [0.5, 0.6) is 0 Å². The molecule has 0 saturated carbocycles. The number of fused-ring (bicyclic) bond motifs is 1. The Kier molecular flexibility index (Phi) is 3.51. The zero-order valence-corrected chi connectivity index (χ0v) is 8.85. The number of benzene rings is 1. The van der Waals surface area contributed by atoms with Crippen molar-refractivity contribution in [3.8, 4) is 0 Å². The van der Waals surface area contributed by atoms with E-state index in [1.54, 1.807) is 6.33 Å². The number of rotatable bonds is 5. The largest absolute Gasteiger partial charge is 0.394 e. The van der Waals surface area contributed by atoms with E-state index >= 15 is 0 Å². The lowest BCUT2D eigenvalue weighted by molar-refractivity contribution is 0.0942. The number of aliphatic hydroxyl groups excluding tert-OH is 2. The fourth-order valence-corrected chi connectivity index (χ4v) is 1.54. The lowest BCUT2D eigenvalue weighted by Gasteiger charge is -2.08. The van der Waals surface area contributed by atoms with E-state index in [9.17, 15) is 0 Å². The zero-order chi connectivity index (χ0) is 11.4. The van der Waals surface area contributed by atoms with Crippen LogP contribution in [0.15, 0.2) is 24.5 Å². The van der Waals surface area contributed by atoms with Gasteiger partial charge in [0.1, 0.15) is 0 Å². The minimum absolute atomic E-state index is 0.216. The van der Waals surface area contributed by atoms with Crippen LogP contribution in [0.1, 0.15) is 5.56 Å². The van der Waals surface area contributed by atoms with Gasteiger partial charge in [0.15, 0.2) is 0 Å². The van der Waals surface area contributed by atoms with Gasteiger partial charge in [0, 0.05) is 13.1 Å². The maximum atomic E-state index is 9.15. The topological polar surface area (TPSA) is 81.2 Å². The summed E-state index contributed by atoms with van der Waals surface area (Å²) in [6.07, 6.45) is 0.966. The molecule has 1 aromatic heterocycles. The van der Waals surface area contributed by atoms with Crippen molar-refractivity contribution in [2.24, 2.45) is 0 Å². The first-order valence-corrected chi connectivity index (χ1v) is 5.21. The Morgan fingerprint density at radius 2 is 2.31 bits per heavy atom. The highest BCUT2D eigenvalue weighted by Gasteiger charge is 2.01. The van der Waals surface area contributed by atoms with Crippen molar-refractivity contribution in [3.05, 3.63) is 30.1 Å². The first-order valence-electron chi connectivity index (χ1n) is 5.21. The monoisotopic (exact) mass is 221 g/mol. The molecule has 2 rings (SSSR count). The van der Waals surface area contributed by atoms with Gasteiger partial charge < -0.3 is 20.5 Å². The Hall–Kier alpha value is -1.43. The minimum atomic E-state index is -0.698. The Balaban J connectivity index is 1.93.